The minimum atomic E-state index is -4.81. The Hall–Kier alpha value is -4.44. The number of aromatic nitrogens is 3. The Morgan fingerprint density at radius 3 is 2.56 bits per heavy atom. The summed E-state index contributed by atoms with van der Waals surface area (Å²) in [4.78, 5) is 7.20. The molecule has 172 valence electrons. The van der Waals surface area contributed by atoms with Crippen LogP contribution < -0.4 is 4.74 Å². The minimum Gasteiger partial charge on any atom is -0.443 e. The lowest BCUT2D eigenvalue weighted by Gasteiger charge is -2.07. The lowest BCUT2D eigenvalue weighted by molar-refractivity contribution is -0.274. The molecule has 0 amide bonds. The fourth-order valence-electron chi connectivity index (χ4n) is 3.77. The zero-order valence-corrected chi connectivity index (χ0v) is 18.6. The number of hydrogen-bond acceptors (Lipinski definition) is 5. The van der Waals surface area contributed by atoms with E-state index in [9.17, 15) is 23.7 Å². The summed E-state index contributed by atoms with van der Waals surface area (Å²) in [6.07, 6.45) is -3.19. The van der Waals surface area contributed by atoms with Gasteiger partial charge in [-0.15, -0.1) is 13.2 Å². The van der Waals surface area contributed by atoms with Crippen molar-refractivity contribution in [1.29, 1.82) is 10.5 Å². The number of nitrogens with one attached hydrogen (secondary N) is 1. The normalized spacial score (nSPS) is 12.1. The van der Waals surface area contributed by atoms with Crippen molar-refractivity contribution in [3.63, 3.8) is 0 Å². The number of nitriles is 2. The van der Waals surface area contributed by atoms with E-state index in [0.29, 0.717) is 33.8 Å². The number of nitrogens with zero attached hydrogens (tertiary/aromatic N) is 4. The van der Waals surface area contributed by atoms with Crippen LogP contribution in [0.2, 0.25) is 0 Å². The molecule has 7 nitrogen and oxygen atoms in total. The largest absolute Gasteiger partial charge is 0.573 e. The van der Waals surface area contributed by atoms with Crippen molar-refractivity contribution in [1.82, 2.24) is 14.5 Å². The van der Waals surface area contributed by atoms with Crippen molar-refractivity contribution in [3.8, 4) is 23.8 Å². The third-order valence-corrected chi connectivity index (χ3v) is 5.51. The number of rotatable bonds is 4. The average Bonchev–Trinajstić information content (AvgIpc) is 3.38. The molecule has 0 aliphatic rings. The molecule has 0 saturated heterocycles. The van der Waals surface area contributed by atoms with Gasteiger partial charge in [-0.2, -0.15) is 10.5 Å². The van der Waals surface area contributed by atoms with Gasteiger partial charge in [-0.25, -0.2) is 4.98 Å². The van der Waals surface area contributed by atoms with Crippen LogP contribution in [-0.4, -0.2) is 20.9 Å². The Bertz CT molecular complexity index is 1540. The Morgan fingerprint density at radius 2 is 1.91 bits per heavy atom. The predicted molar refractivity (Wildman–Crippen MR) is 118 cm³/mol. The third kappa shape index (κ3) is 4.02. The molecule has 10 heteroatoms. The SMILES string of the molecule is Cc1oc(-n2c(C)cc(/C=C(\C#N)c3nc4ccc(OC(F)(F)F)cc4[nH]3)c2C)c(C#N)c1C. The van der Waals surface area contributed by atoms with Crippen LogP contribution in [0.15, 0.2) is 28.7 Å². The molecule has 0 spiro atoms. The second-order valence-corrected chi connectivity index (χ2v) is 7.72. The molecule has 0 fully saturated rings. The van der Waals surface area contributed by atoms with Crippen molar-refractivity contribution in [2.24, 2.45) is 0 Å². The van der Waals surface area contributed by atoms with Gasteiger partial charge in [0.15, 0.2) is 0 Å². The molecule has 0 unspecified atom stereocenters. The highest BCUT2D eigenvalue weighted by Crippen LogP contribution is 2.31. The van der Waals surface area contributed by atoms with Crippen molar-refractivity contribution < 1.29 is 22.3 Å². The second-order valence-electron chi connectivity index (χ2n) is 7.72. The van der Waals surface area contributed by atoms with E-state index >= 15 is 0 Å². The van der Waals surface area contributed by atoms with Gasteiger partial charge in [0.05, 0.1) is 16.6 Å². The monoisotopic (exact) mass is 465 g/mol. The van der Waals surface area contributed by atoms with E-state index in [1.54, 1.807) is 17.6 Å². The number of fused-ring (bicyclic) bond motifs is 1. The molecule has 0 bridgehead atoms. The van der Waals surface area contributed by atoms with Gasteiger partial charge in [-0.05, 0) is 57.5 Å². The van der Waals surface area contributed by atoms with Crippen LogP contribution in [0, 0.1) is 50.4 Å². The molecule has 0 radical (unpaired) electrons. The Kier molecular flexibility index (Phi) is 5.46. The van der Waals surface area contributed by atoms with Crippen LogP contribution in [0.1, 0.15) is 39.7 Å². The number of imidazole rings is 1. The van der Waals surface area contributed by atoms with E-state index < -0.39 is 12.1 Å². The number of benzene rings is 1. The summed E-state index contributed by atoms with van der Waals surface area (Å²) < 4.78 is 49.1. The smallest absolute Gasteiger partial charge is 0.443 e. The van der Waals surface area contributed by atoms with Crippen LogP contribution in [0.25, 0.3) is 28.6 Å². The first kappa shape index (κ1) is 22.7. The van der Waals surface area contributed by atoms with Crippen molar-refractivity contribution in [2.75, 3.05) is 0 Å². The predicted octanol–water partition coefficient (Wildman–Crippen LogP) is 6.01. The van der Waals surface area contributed by atoms with Gasteiger partial charge in [0.25, 0.3) is 0 Å². The van der Waals surface area contributed by atoms with Crippen molar-refractivity contribution >= 4 is 22.7 Å². The minimum absolute atomic E-state index is 0.182. The third-order valence-electron chi connectivity index (χ3n) is 5.51. The highest BCUT2D eigenvalue weighted by Gasteiger charge is 2.31. The molecule has 0 saturated carbocycles. The van der Waals surface area contributed by atoms with Crippen LogP contribution in [0.5, 0.6) is 5.75 Å². The molecule has 4 rings (SSSR count). The molecule has 1 aromatic carbocycles. The molecule has 3 heterocycles. The molecule has 4 aromatic rings. The fourth-order valence-corrected chi connectivity index (χ4v) is 3.77. The van der Waals surface area contributed by atoms with Crippen LogP contribution in [-0.2, 0) is 0 Å². The van der Waals surface area contributed by atoms with Gasteiger partial charge in [-0.3, -0.25) is 4.57 Å². The summed E-state index contributed by atoms with van der Waals surface area (Å²) in [5, 5.41) is 19.3. The van der Waals surface area contributed by atoms with Gasteiger partial charge < -0.3 is 14.1 Å². The zero-order valence-electron chi connectivity index (χ0n) is 18.6. The Morgan fingerprint density at radius 1 is 1.18 bits per heavy atom. The van der Waals surface area contributed by atoms with E-state index in [4.69, 9.17) is 4.42 Å². The number of halogens is 3. The van der Waals surface area contributed by atoms with E-state index in [0.717, 1.165) is 23.0 Å². The Balaban J connectivity index is 1.76. The molecule has 0 atom stereocenters. The first-order valence-corrected chi connectivity index (χ1v) is 10.1. The molecule has 34 heavy (non-hydrogen) atoms. The number of alkyl halides is 3. The highest BCUT2D eigenvalue weighted by atomic mass is 19.4. The van der Waals surface area contributed by atoms with Gasteiger partial charge in [0.2, 0.25) is 5.88 Å². The molecule has 0 aliphatic carbocycles. The molecule has 0 aliphatic heterocycles. The van der Waals surface area contributed by atoms with E-state index in [1.807, 2.05) is 26.8 Å². The first-order chi connectivity index (χ1) is 16.0. The number of hydrogen-bond donors (Lipinski definition) is 1. The maximum atomic E-state index is 12.5. The Labute approximate surface area is 192 Å². The standard InChI is InChI=1S/C24H18F3N5O2/c1-12-7-16(14(3)32(12)23-19(11-29)13(2)15(4)33-23)8-17(10-28)22-30-20-6-5-18(9-21(20)31-22)34-24(25,26)27/h5-9H,1-4H3,(H,30,31)/b17-8+. The highest BCUT2D eigenvalue weighted by molar-refractivity contribution is 5.91. The zero-order chi connectivity index (χ0) is 24.8. The van der Waals surface area contributed by atoms with Crippen molar-refractivity contribution in [2.45, 2.75) is 34.1 Å². The number of ether oxygens (including phenoxy) is 1. The van der Waals surface area contributed by atoms with E-state index in [2.05, 4.69) is 26.8 Å². The van der Waals surface area contributed by atoms with E-state index in [-0.39, 0.29) is 11.4 Å². The van der Waals surface area contributed by atoms with Gasteiger partial charge in [0.1, 0.15) is 35.0 Å². The molecule has 1 N–H and O–H groups in total. The summed E-state index contributed by atoms with van der Waals surface area (Å²) in [7, 11) is 0. The fraction of sp³-hybridized carbons (Fsp3) is 0.208. The second kappa shape index (κ2) is 8.16. The number of H-pyrrole nitrogens is 1. The summed E-state index contributed by atoms with van der Waals surface area (Å²) in [5.41, 5.74) is 4.30. The number of furan rings is 1. The maximum Gasteiger partial charge on any atom is 0.573 e. The van der Waals surface area contributed by atoms with Crippen LogP contribution in [0.3, 0.4) is 0 Å². The van der Waals surface area contributed by atoms with Crippen LogP contribution in [0.4, 0.5) is 13.2 Å². The number of aromatic amines is 1. The molecular weight excluding hydrogens is 447 g/mol. The van der Waals surface area contributed by atoms with Crippen LogP contribution >= 0.6 is 0 Å². The summed E-state index contributed by atoms with van der Waals surface area (Å²) in [5.74, 6) is 0.865. The number of allylic oxidation sites excluding steroid dienone is 1. The van der Waals surface area contributed by atoms with E-state index in [1.165, 1.54) is 12.1 Å². The summed E-state index contributed by atoms with van der Waals surface area (Å²) >= 11 is 0. The number of aryl methyl sites for hydroxylation is 2. The molecule has 3 aromatic heterocycles. The lowest BCUT2D eigenvalue weighted by atomic mass is 10.1. The van der Waals surface area contributed by atoms with Gasteiger partial charge in [0, 0.05) is 23.0 Å². The quantitative estimate of drug-likeness (QED) is 0.372. The van der Waals surface area contributed by atoms with Gasteiger partial charge in [-0.1, -0.05) is 0 Å². The maximum absolute atomic E-state index is 12.5. The van der Waals surface area contributed by atoms with Crippen molar-refractivity contribution in [3.05, 3.63) is 63.9 Å². The summed E-state index contributed by atoms with van der Waals surface area (Å²) in [6, 6.07) is 9.82. The summed E-state index contributed by atoms with van der Waals surface area (Å²) in [6.45, 7) is 7.29. The lowest BCUT2D eigenvalue weighted by Crippen LogP contribution is -2.16. The average molecular weight is 465 g/mol. The topological polar surface area (TPSA) is 104 Å². The van der Waals surface area contributed by atoms with Gasteiger partial charge >= 0.3 is 6.36 Å². The molecular formula is C24H18F3N5O2. The first-order valence-electron chi connectivity index (χ1n) is 10.1.